The Morgan fingerprint density at radius 2 is 2.12 bits per heavy atom. The van der Waals surface area contributed by atoms with Crippen LogP contribution in [0.2, 0.25) is 0 Å². The number of ether oxygens (including phenoxy) is 1. The Balaban J connectivity index is 1.80. The fraction of sp³-hybridized carbons (Fsp3) is 0.368. The van der Waals surface area contributed by atoms with E-state index in [-0.39, 0.29) is 5.91 Å². The zero-order chi connectivity index (χ0) is 18.3. The maximum atomic E-state index is 13.2. The molecule has 1 aromatic heterocycles. The van der Waals surface area contributed by atoms with Gasteiger partial charge >= 0.3 is 0 Å². The predicted molar refractivity (Wildman–Crippen MR) is 102 cm³/mol. The van der Waals surface area contributed by atoms with Crippen LogP contribution in [0.3, 0.4) is 0 Å². The number of aromatic nitrogens is 1. The fourth-order valence-electron chi connectivity index (χ4n) is 3.57. The summed E-state index contributed by atoms with van der Waals surface area (Å²) in [6, 6.07) is 7.37. The number of hydrogen-bond acceptors (Lipinski definition) is 6. The molecule has 6 nitrogen and oxygen atoms in total. The second-order valence-electron chi connectivity index (χ2n) is 6.44. The standard InChI is InChI=1S/C19H21N3O3S/c1-3-8-22-15-7-5-4-6-14(15)19(24,17(22)23)16-13(2)20-18(26-16)21-9-11-25-12-10-21/h3-7,24H,1,8-12H2,2H3/t19-/m1/s1. The van der Waals surface area contributed by atoms with Gasteiger partial charge in [-0.2, -0.15) is 0 Å². The highest BCUT2D eigenvalue weighted by Crippen LogP contribution is 2.48. The summed E-state index contributed by atoms with van der Waals surface area (Å²) in [4.78, 5) is 22.1. The molecule has 0 bridgehead atoms. The maximum Gasteiger partial charge on any atom is 0.269 e. The Morgan fingerprint density at radius 1 is 1.38 bits per heavy atom. The van der Waals surface area contributed by atoms with E-state index in [0.717, 1.165) is 23.9 Å². The van der Waals surface area contributed by atoms with Crippen LogP contribution in [0.5, 0.6) is 0 Å². The molecule has 0 saturated carbocycles. The van der Waals surface area contributed by atoms with Crippen molar-refractivity contribution >= 4 is 28.1 Å². The lowest BCUT2D eigenvalue weighted by Gasteiger charge is -2.26. The van der Waals surface area contributed by atoms with Crippen molar-refractivity contribution < 1.29 is 14.6 Å². The number of aliphatic hydroxyl groups is 1. The number of aryl methyl sites for hydroxylation is 1. The Kier molecular flexibility index (Phi) is 4.30. The highest BCUT2D eigenvalue weighted by atomic mass is 32.1. The summed E-state index contributed by atoms with van der Waals surface area (Å²) in [5, 5.41) is 12.4. The van der Waals surface area contributed by atoms with Crippen LogP contribution < -0.4 is 9.80 Å². The first-order valence-corrected chi connectivity index (χ1v) is 9.44. The fourth-order valence-corrected chi connectivity index (χ4v) is 4.79. The maximum absolute atomic E-state index is 13.2. The molecule has 2 aliphatic heterocycles. The Labute approximate surface area is 156 Å². The molecule has 4 rings (SSSR count). The number of morpholine rings is 1. The number of benzene rings is 1. The van der Waals surface area contributed by atoms with Crippen molar-refractivity contribution in [2.45, 2.75) is 12.5 Å². The van der Waals surface area contributed by atoms with Crippen LogP contribution in [0.25, 0.3) is 0 Å². The minimum Gasteiger partial charge on any atom is -0.378 e. The molecule has 136 valence electrons. The lowest BCUT2D eigenvalue weighted by Crippen LogP contribution is -2.41. The summed E-state index contributed by atoms with van der Waals surface area (Å²) in [7, 11) is 0. The average molecular weight is 371 g/mol. The molecule has 1 atom stereocenters. The minimum atomic E-state index is -1.70. The number of thiazole rings is 1. The third kappa shape index (κ3) is 2.46. The number of hydrogen-bond donors (Lipinski definition) is 1. The summed E-state index contributed by atoms with van der Waals surface area (Å²) in [6.07, 6.45) is 1.67. The van der Waals surface area contributed by atoms with Crippen molar-refractivity contribution in [1.82, 2.24) is 4.98 Å². The highest BCUT2D eigenvalue weighted by Gasteiger charge is 2.52. The number of carbonyl (C=O) groups excluding carboxylic acids is 1. The number of rotatable bonds is 4. The first-order valence-electron chi connectivity index (χ1n) is 8.62. The van der Waals surface area contributed by atoms with Crippen molar-refractivity contribution in [2.75, 3.05) is 42.6 Å². The van der Waals surface area contributed by atoms with Gasteiger partial charge in [0.25, 0.3) is 5.91 Å². The van der Waals surface area contributed by atoms with Gasteiger partial charge in [0.05, 0.1) is 29.5 Å². The first-order chi connectivity index (χ1) is 12.6. The summed E-state index contributed by atoms with van der Waals surface area (Å²) in [5.74, 6) is -0.348. The Hall–Kier alpha value is -2.22. The van der Waals surface area contributed by atoms with Gasteiger partial charge in [0.2, 0.25) is 5.60 Å². The van der Waals surface area contributed by atoms with Crippen LogP contribution in [0.1, 0.15) is 16.1 Å². The van der Waals surface area contributed by atoms with Crippen molar-refractivity contribution in [2.24, 2.45) is 0 Å². The number of para-hydroxylation sites is 1. The number of anilines is 2. The van der Waals surface area contributed by atoms with Crippen LogP contribution in [0, 0.1) is 6.92 Å². The SMILES string of the molecule is C=CCN1C(=O)[C@](O)(c2sc(N3CCOCC3)nc2C)c2ccccc21. The molecule has 3 heterocycles. The average Bonchev–Trinajstić information content (AvgIpc) is 3.16. The second kappa shape index (κ2) is 6.50. The minimum absolute atomic E-state index is 0.348. The van der Waals surface area contributed by atoms with Gasteiger partial charge in [-0.1, -0.05) is 35.6 Å². The van der Waals surface area contributed by atoms with E-state index in [9.17, 15) is 9.90 Å². The lowest BCUT2D eigenvalue weighted by atomic mass is 9.93. The molecule has 1 N–H and O–H groups in total. The number of fused-ring (bicyclic) bond motifs is 1. The van der Waals surface area contributed by atoms with Gasteiger partial charge in [-0.3, -0.25) is 4.79 Å². The Bertz CT molecular complexity index is 859. The topological polar surface area (TPSA) is 65.9 Å². The first kappa shape index (κ1) is 17.2. The molecule has 0 radical (unpaired) electrons. The Morgan fingerprint density at radius 3 is 2.85 bits per heavy atom. The van der Waals surface area contributed by atoms with Gasteiger partial charge in [-0.05, 0) is 13.0 Å². The quantitative estimate of drug-likeness (QED) is 0.834. The van der Waals surface area contributed by atoms with E-state index in [1.165, 1.54) is 11.3 Å². The number of carbonyl (C=O) groups is 1. The van der Waals surface area contributed by atoms with E-state index in [0.29, 0.717) is 35.9 Å². The van der Waals surface area contributed by atoms with Crippen LogP contribution in [-0.2, 0) is 15.1 Å². The molecule has 0 spiro atoms. The molecule has 0 unspecified atom stereocenters. The molecule has 26 heavy (non-hydrogen) atoms. The van der Waals surface area contributed by atoms with Gasteiger partial charge in [0.1, 0.15) is 0 Å². The summed E-state index contributed by atoms with van der Waals surface area (Å²) < 4.78 is 5.40. The largest absolute Gasteiger partial charge is 0.378 e. The molecule has 7 heteroatoms. The van der Waals surface area contributed by atoms with Gasteiger partial charge in [0, 0.05) is 25.2 Å². The van der Waals surface area contributed by atoms with E-state index >= 15 is 0 Å². The van der Waals surface area contributed by atoms with E-state index in [2.05, 4.69) is 16.5 Å². The van der Waals surface area contributed by atoms with Crippen molar-refractivity contribution in [1.29, 1.82) is 0 Å². The zero-order valence-electron chi connectivity index (χ0n) is 14.6. The van der Waals surface area contributed by atoms with Gasteiger partial charge < -0.3 is 19.6 Å². The summed E-state index contributed by atoms with van der Waals surface area (Å²) >= 11 is 1.39. The van der Waals surface area contributed by atoms with E-state index in [1.54, 1.807) is 11.0 Å². The lowest BCUT2D eigenvalue weighted by molar-refractivity contribution is -0.131. The molecule has 1 aromatic carbocycles. The van der Waals surface area contributed by atoms with Crippen molar-refractivity contribution in [3.8, 4) is 0 Å². The zero-order valence-corrected chi connectivity index (χ0v) is 15.5. The molecular weight excluding hydrogens is 350 g/mol. The monoisotopic (exact) mass is 371 g/mol. The summed E-state index contributed by atoms with van der Waals surface area (Å²) in [6.45, 7) is 8.77. The van der Waals surface area contributed by atoms with E-state index in [1.807, 2.05) is 31.2 Å². The van der Waals surface area contributed by atoms with Crippen molar-refractivity contribution in [3.63, 3.8) is 0 Å². The third-order valence-corrected chi connectivity index (χ3v) is 6.17. The van der Waals surface area contributed by atoms with Crippen LogP contribution in [-0.4, -0.2) is 48.8 Å². The van der Waals surface area contributed by atoms with Gasteiger partial charge in [-0.15, -0.1) is 6.58 Å². The van der Waals surface area contributed by atoms with Crippen LogP contribution in [0.4, 0.5) is 10.8 Å². The highest BCUT2D eigenvalue weighted by molar-refractivity contribution is 7.16. The van der Waals surface area contributed by atoms with Crippen molar-refractivity contribution in [3.05, 3.63) is 53.1 Å². The molecule has 0 aliphatic carbocycles. The number of amides is 1. The van der Waals surface area contributed by atoms with E-state index < -0.39 is 5.60 Å². The van der Waals surface area contributed by atoms with Crippen LogP contribution >= 0.6 is 11.3 Å². The second-order valence-corrected chi connectivity index (χ2v) is 7.42. The molecule has 1 amide bonds. The summed E-state index contributed by atoms with van der Waals surface area (Å²) in [5.41, 5.74) is 0.307. The molecule has 2 aromatic rings. The molecule has 1 saturated heterocycles. The predicted octanol–water partition coefficient (Wildman–Crippen LogP) is 2.06. The normalized spacial score (nSPS) is 22.6. The van der Waals surface area contributed by atoms with E-state index in [4.69, 9.17) is 4.74 Å². The smallest absolute Gasteiger partial charge is 0.269 e. The van der Waals surface area contributed by atoms with Crippen LogP contribution in [0.15, 0.2) is 36.9 Å². The third-order valence-electron chi connectivity index (χ3n) is 4.85. The molecule has 1 fully saturated rings. The number of nitrogens with zero attached hydrogens (tertiary/aromatic N) is 3. The molecular formula is C19H21N3O3S. The van der Waals surface area contributed by atoms with Gasteiger partial charge in [0.15, 0.2) is 5.13 Å². The molecule has 2 aliphatic rings. The van der Waals surface area contributed by atoms with Gasteiger partial charge in [-0.25, -0.2) is 4.98 Å².